The summed E-state index contributed by atoms with van der Waals surface area (Å²) < 4.78 is 0. The molecule has 0 saturated carbocycles. The van der Waals surface area contributed by atoms with Gasteiger partial charge in [-0.2, -0.15) is 0 Å². The van der Waals surface area contributed by atoms with Gasteiger partial charge < -0.3 is 10.6 Å². The number of nitrogens with one attached hydrogen (secondary N) is 2. The monoisotopic (exact) mass is 198 g/mol. The third-order valence-electron chi connectivity index (χ3n) is 1.46. The number of rotatable bonds is 2. The first kappa shape index (κ1) is 9.86. The molecule has 0 aromatic heterocycles. The van der Waals surface area contributed by atoms with Gasteiger partial charge in [0.05, 0.1) is 10.7 Å². The number of anilines is 1. The van der Waals surface area contributed by atoms with Crippen LogP contribution in [0.1, 0.15) is 6.92 Å². The molecule has 1 rings (SSSR count). The summed E-state index contributed by atoms with van der Waals surface area (Å²) >= 11 is 5.83. The van der Waals surface area contributed by atoms with E-state index < -0.39 is 0 Å². The Balaban J connectivity index is 2.63. The lowest BCUT2D eigenvalue weighted by atomic mass is 10.3. The molecule has 1 aromatic carbocycles. The van der Waals surface area contributed by atoms with E-state index in [0.29, 0.717) is 17.3 Å². The smallest absolute Gasteiger partial charge is 0.319 e. The van der Waals surface area contributed by atoms with E-state index in [2.05, 4.69) is 10.6 Å². The molecule has 0 aliphatic carbocycles. The number of para-hydroxylation sites is 1. The van der Waals surface area contributed by atoms with Gasteiger partial charge in [0.1, 0.15) is 0 Å². The highest BCUT2D eigenvalue weighted by molar-refractivity contribution is 6.33. The van der Waals surface area contributed by atoms with Gasteiger partial charge in [0, 0.05) is 6.54 Å². The maximum absolute atomic E-state index is 11.1. The van der Waals surface area contributed by atoms with Crippen molar-refractivity contribution in [1.29, 1.82) is 0 Å². The molecule has 0 saturated heterocycles. The molecule has 0 aliphatic heterocycles. The van der Waals surface area contributed by atoms with Crippen LogP contribution in [0.2, 0.25) is 5.02 Å². The predicted octanol–water partition coefficient (Wildman–Crippen LogP) is 2.48. The van der Waals surface area contributed by atoms with Crippen molar-refractivity contribution in [2.24, 2.45) is 0 Å². The fraction of sp³-hybridized carbons (Fsp3) is 0.222. The molecule has 0 bridgehead atoms. The standard InChI is InChI=1S/C9H11ClN2O/c1-2-11-9(13)12-8-6-4-3-5-7(8)10/h3-6H,2H2,1H3,(H2,11,12,13). The number of hydrogen-bond acceptors (Lipinski definition) is 1. The Labute approximate surface area is 82.1 Å². The Morgan fingerprint density at radius 2 is 2.15 bits per heavy atom. The first-order valence-corrected chi connectivity index (χ1v) is 4.41. The summed E-state index contributed by atoms with van der Waals surface area (Å²) in [7, 11) is 0. The van der Waals surface area contributed by atoms with Crippen LogP contribution >= 0.6 is 11.6 Å². The van der Waals surface area contributed by atoms with E-state index in [1.165, 1.54) is 0 Å². The Hall–Kier alpha value is -1.22. The molecule has 1 aromatic rings. The lowest BCUT2D eigenvalue weighted by Gasteiger charge is -2.06. The molecule has 0 aliphatic rings. The van der Waals surface area contributed by atoms with E-state index in [1.54, 1.807) is 12.1 Å². The number of carbonyl (C=O) groups excluding carboxylic acids is 1. The summed E-state index contributed by atoms with van der Waals surface area (Å²) in [6.07, 6.45) is 0. The number of urea groups is 1. The van der Waals surface area contributed by atoms with Gasteiger partial charge >= 0.3 is 6.03 Å². The largest absolute Gasteiger partial charge is 0.338 e. The fourth-order valence-electron chi connectivity index (χ4n) is 0.890. The Bertz CT molecular complexity index is 301. The molecule has 0 unspecified atom stereocenters. The van der Waals surface area contributed by atoms with Crippen molar-refractivity contribution >= 4 is 23.3 Å². The zero-order valence-corrected chi connectivity index (χ0v) is 8.06. The van der Waals surface area contributed by atoms with Crippen molar-refractivity contribution in [2.45, 2.75) is 6.92 Å². The quantitative estimate of drug-likeness (QED) is 0.753. The van der Waals surface area contributed by atoms with Crippen LogP contribution in [0.25, 0.3) is 0 Å². The lowest BCUT2D eigenvalue weighted by Crippen LogP contribution is -2.28. The Morgan fingerprint density at radius 3 is 2.77 bits per heavy atom. The van der Waals surface area contributed by atoms with Crippen LogP contribution in [0.5, 0.6) is 0 Å². The van der Waals surface area contributed by atoms with Gasteiger partial charge in [-0.05, 0) is 19.1 Å². The first-order valence-electron chi connectivity index (χ1n) is 4.03. The highest BCUT2D eigenvalue weighted by Gasteiger charge is 2.01. The second kappa shape index (κ2) is 4.72. The third-order valence-corrected chi connectivity index (χ3v) is 1.79. The van der Waals surface area contributed by atoms with Crippen LogP contribution in [-0.2, 0) is 0 Å². The molecule has 0 spiro atoms. The van der Waals surface area contributed by atoms with Gasteiger partial charge in [0.25, 0.3) is 0 Å². The van der Waals surface area contributed by atoms with Gasteiger partial charge in [-0.15, -0.1) is 0 Å². The molecule has 0 atom stereocenters. The number of amides is 2. The molecule has 2 amide bonds. The minimum atomic E-state index is -0.240. The maximum atomic E-state index is 11.1. The summed E-state index contributed by atoms with van der Waals surface area (Å²) in [6, 6.07) is 6.86. The molecule has 0 fully saturated rings. The zero-order valence-electron chi connectivity index (χ0n) is 7.30. The van der Waals surface area contributed by atoms with Gasteiger partial charge in [0.15, 0.2) is 0 Å². The van der Waals surface area contributed by atoms with Gasteiger partial charge in [-0.3, -0.25) is 0 Å². The predicted molar refractivity (Wildman–Crippen MR) is 54.1 cm³/mol. The summed E-state index contributed by atoms with van der Waals surface area (Å²) in [5, 5.41) is 5.78. The van der Waals surface area contributed by atoms with E-state index in [-0.39, 0.29) is 6.03 Å². The van der Waals surface area contributed by atoms with Crippen LogP contribution in [0.4, 0.5) is 10.5 Å². The van der Waals surface area contributed by atoms with Gasteiger partial charge in [-0.25, -0.2) is 4.79 Å². The molecule has 3 nitrogen and oxygen atoms in total. The maximum Gasteiger partial charge on any atom is 0.319 e. The summed E-state index contributed by atoms with van der Waals surface area (Å²) in [4.78, 5) is 11.1. The summed E-state index contributed by atoms with van der Waals surface area (Å²) in [6.45, 7) is 2.45. The van der Waals surface area contributed by atoms with E-state index in [0.717, 1.165) is 0 Å². The third kappa shape index (κ3) is 2.95. The number of halogens is 1. The highest BCUT2D eigenvalue weighted by Crippen LogP contribution is 2.19. The Kier molecular flexibility index (Phi) is 3.58. The summed E-state index contributed by atoms with van der Waals surface area (Å²) in [5.41, 5.74) is 0.620. The van der Waals surface area contributed by atoms with Crippen LogP contribution in [0.3, 0.4) is 0 Å². The number of benzene rings is 1. The lowest BCUT2D eigenvalue weighted by molar-refractivity contribution is 0.252. The minimum Gasteiger partial charge on any atom is -0.338 e. The highest BCUT2D eigenvalue weighted by atomic mass is 35.5. The molecule has 0 radical (unpaired) electrons. The van der Waals surface area contributed by atoms with E-state index in [9.17, 15) is 4.79 Å². The molecule has 13 heavy (non-hydrogen) atoms. The van der Waals surface area contributed by atoms with Crippen molar-refractivity contribution in [3.8, 4) is 0 Å². The SMILES string of the molecule is CCNC(=O)Nc1ccccc1Cl. The first-order chi connectivity index (χ1) is 6.24. The number of hydrogen-bond donors (Lipinski definition) is 2. The van der Waals surface area contributed by atoms with Gasteiger partial charge in [0.2, 0.25) is 0 Å². The van der Waals surface area contributed by atoms with Crippen molar-refractivity contribution < 1.29 is 4.79 Å². The van der Waals surface area contributed by atoms with Crippen LogP contribution in [-0.4, -0.2) is 12.6 Å². The molecule has 4 heteroatoms. The normalized spacial score (nSPS) is 9.38. The van der Waals surface area contributed by atoms with Crippen LogP contribution < -0.4 is 10.6 Å². The van der Waals surface area contributed by atoms with E-state index in [4.69, 9.17) is 11.6 Å². The topological polar surface area (TPSA) is 41.1 Å². The van der Waals surface area contributed by atoms with Gasteiger partial charge in [-0.1, -0.05) is 23.7 Å². The summed E-state index contributed by atoms with van der Waals surface area (Å²) in [5.74, 6) is 0. The zero-order chi connectivity index (χ0) is 9.68. The van der Waals surface area contributed by atoms with Crippen LogP contribution in [0, 0.1) is 0 Å². The second-order valence-corrected chi connectivity index (χ2v) is 2.87. The molecule has 0 heterocycles. The average Bonchev–Trinajstić information content (AvgIpc) is 2.09. The molecular formula is C9H11ClN2O. The fourth-order valence-corrected chi connectivity index (χ4v) is 1.07. The van der Waals surface area contributed by atoms with Crippen molar-refractivity contribution in [3.63, 3.8) is 0 Å². The van der Waals surface area contributed by atoms with Crippen molar-refractivity contribution in [1.82, 2.24) is 5.32 Å². The average molecular weight is 199 g/mol. The van der Waals surface area contributed by atoms with Crippen molar-refractivity contribution in [3.05, 3.63) is 29.3 Å². The van der Waals surface area contributed by atoms with Crippen LogP contribution in [0.15, 0.2) is 24.3 Å². The second-order valence-electron chi connectivity index (χ2n) is 2.46. The molecular weight excluding hydrogens is 188 g/mol. The van der Waals surface area contributed by atoms with E-state index in [1.807, 2.05) is 19.1 Å². The molecule has 2 N–H and O–H groups in total. The minimum absolute atomic E-state index is 0.240. The number of carbonyl (C=O) groups is 1. The van der Waals surface area contributed by atoms with E-state index >= 15 is 0 Å². The molecule has 70 valence electrons. The Morgan fingerprint density at radius 1 is 1.46 bits per heavy atom. The van der Waals surface area contributed by atoms with Crippen molar-refractivity contribution in [2.75, 3.05) is 11.9 Å².